The molecular weight excluding hydrogens is 564 g/mol. The third-order valence-electron chi connectivity index (χ3n) is 5.86. The van der Waals surface area contributed by atoms with E-state index in [0.29, 0.717) is 11.3 Å². The summed E-state index contributed by atoms with van der Waals surface area (Å²) in [7, 11) is 0. The number of carbonyl (C=O) groups is 2. The molecule has 10 heteroatoms. The highest BCUT2D eigenvalue weighted by Gasteiger charge is 2.19. The Morgan fingerprint density at radius 3 is 2.41 bits per heavy atom. The third-order valence-corrected chi connectivity index (χ3v) is 6.35. The molecule has 0 aliphatic heterocycles. The van der Waals surface area contributed by atoms with Crippen LogP contribution in [-0.4, -0.2) is 28.0 Å². The molecule has 0 atom stereocenters. The second kappa shape index (κ2) is 11.1. The summed E-state index contributed by atoms with van der Waals surface area (Å²) in [5, 5.41) is 15.8. The minimum absolute atomic E-state index is 0.132. The van der Waals surface area contributed by atoms with Gasteiger partial charge in [0.05, 0.1) is 16.7 Å². The van der Waals surface area contributed by atoms with Crippen molar-refractivity contribution in [2.75, 3.05) is 0 Å². The van der Waals surface area contributed by atoms with E-state index in [1.807, 2.05) is 48.5 Å². The summed E-state index contributed by atoms with van der Waals surface area (Å²) >= 11 is 3.50. The zero-order chi connectivity index (χ0) is 27.4. The van der Waals surface area contributed by atoms with Gasteiger partial charge in [-0.05, 0) is 48.0 Å². The molecule has 5 rings (SSSR count). The first kappa shape index (κ1) is 25.6. The number of benzene rings is 4. The van der Waals surface area contributed by atoms with Crippen LogP contribution < -0.4 is 10.2 Å². The molecule has 5 aromatic rings. The zero-order valence-corrected chi connectivity index (χ0v) is 21.7. The van der Waals surface area contributed by atoms with Crippen molar-refractivity contribution < 1.29 is 19.2 Å². The summed E-state index contributed by atoms with van der Waals surface area (Å²) in [6.45, 7) is 0. The van der Waals surface area contributed by atoms with E-state index in [1.54, 1.807) is 24.3 Å². The van der Waals surface area contributed by atoms with Gasteiger partial charge in [0.15, 0.2) is 0 Å². The maximum Gasteiger partial charge on any atom is 0.343 e. The van der Waals surface area contributed by atoms with Gasteiger partial charge in [0.2, 0.25) is 0 Å². The van der Waals surface area contributed by atoms with Crippen molar-refractivity contribution in [3.8, 4) is 16.9 Å². The molecule has 9 nitrogen and oxygen atoms in total. The lowest BCUT2D eigenvalue weighted by Crippen LogP contribution is -2.19. The quantitative estimate of drug-likeness (QED) is 0.0745. The molecule has 1 amide bonds. The van der Waals surface area contributed by atoms with Gasteiger partial charge in [0, 0.05) is 38.6 Å². The van der Waals surface area contributed by atoms with E-state index in [-0.39, 0.29) is 17.0 Å². The number of nitro benzene ring substituents is 1. The summed E-state index contributed by atoms with van der Waals surface area (Å²) in [4.78, 5) is 39.3. The average molecular weight is 583 g/mol. The summed E-state index contributed by atoms with van der Waals surface area (Å²) in [5.41, 5.74) is 5.78. The standard InChI is InChI=1S/C29H19BrN4O5/c30-21-12-15-24-23(16-21)26(18-6-2-1-3-7-18)27(32-24)28(35)33-31-17-20-8-4-5-9-25(20)39-29(36)19-10-13-22(14-11-19)34(37)38/h1-17,32H,(H,33,35). The maximum absolute atomic E-state index is 13.2. The molecule has 0 aliphatic rings. The molecule has 0 spiro atoms. The number of hydrogen-bond acceptors (Lipinski definition) is 6. The van der Waals surface area contributed by atoms with E-state index in [9.17, 15) is 19.7 Å². The number of H-pyrrole nitrogens is 1. The van der Waals surface area contributed by atoms with Crippen LogP contribution in [0.5, 0.6) is 5.75 Å². The number of fused-ring (bicyclic) bond motifs is 1. The lowest BCUT2D eigenvalue weighted by molar-refractivity contribution is -0.384. The molecule has 0 fully saturated rings. The molecule has 192 valence electrons. The SMILES string of the molecule is O=C(Oc1ccccc1C=NNC(=O)c1[nH]c2ccc(Br)cc2c1-c1ccccc1)c1ccc([N+](=O)[O-])cc1. The van der Waals surface area contributed by atoms with Gasteiger partial charge >= 0.3 is 5.97 Å². The van der Waals surface area contributed by atoms with E-state index < -0.39 is 16.8 Å². The molecule has 0 radical (unpaired) electrons. The molecule has 0 unspecified atom stereocenters. The van der Waals surface area contributed by atoms with Crippen LogP contribution in [0.15, 0.2) is 107 Å². The van der Waals surface area contributed by atoms with Gasteiger partial charge in [-0.25, -0.2) is 10.2 Å². The fourth-order valence-corrected chi connectivity index (χ4v) is 4.37. The van der Waals surface area contributed by atoms with Crippen LogP contribution in [0, 0.1) is 10.1 Å². The number of nitro groups is 1. The van der Waals surface area contributed by atoms with Crippen molar-refractivity contribution >= 4 is 50.6 Å². The molecule has 1 aromatic heterocycles. The number of amides is 1. The molecule has 4 aromatic carbocycles. The summed E-state index contributed by atoms with van der Waals surface area (Å²) in [6, 6.07) is 27.1. The van der Waals surface area contributed by atoms with Crippen molar-refractivity contribution in [3.63, 3.8) is 0 Å². The van der Waals surface area contributed by atoms with E-state index >= 15 is 0 Å². The Bertz CT molecular complexity index is 1730. The fourth-order valence-electron chi connectivity index (χ4n) is 4.01. The second-order valence-corrected chi connectivity index (χ2v) is 9.28. The fraction of sp³-hybridized carbons (Fsp3) is 0. The number of esters is 1. The number of rotatable bonds is 7. The number of para-hydroxylation sites is 1. The number of nitrogens with zero attached hydrogens (tertiary/aromatic N) is 2. The van der Waals surface area contributed by atoms with Crippen LogP contribution in [-0.2, 0) is 0 Å². The Morgan fingerprint density at radius 1 is 0.949 bits per heavy atom. The highest BCUT2D eigenvalue weighted by molar-refractivity contribution is 9.10. The average Bonchev–Trinajstić information content (AvgIpc) is 3.33. The van der Waals surface area contributed by atoms with Crippen LogP contribution in [0.4, 0.5) is 5.69 Å². The van der Waals surface area contributed by atoms with Crippen LogP contribution >= 0.6 is 15.9 Å². The number of hydrogen-bond donors (Lipinski definition) is 2. The largest absolute Gasteiger partial charge is 0.422 e. The van der Waals surface area contributed by atoms with E-state index in [0.717, 1.165) is 26.5 Å². The highest BCUT2D eigenvalue weighted by Crippen LogP contribution is 2.34. The Morgan fingerprint density at radius 2 is 1.67 bits per heavy atom. The minimum Gasteiger partial charge on any atom is -0.422 e. The normalized spacial score (nSPS) is 11.0. The molecule has 2 N–H and O–H groups in total. The first-order chi connectivity index (χ1) is 18.9. The maximum atomic E-state index is 13.2. The monoisotopic (exact) mass is 582 g/mol. The smallest absolute Gasteiger partial charge is 0.343 e. The lowest BCUT2D eigenvalue weighted by Gasteiger charge is -2.07. The van der Waals surface area contributed by atoms with Crippen molar-refractivity contribution in [2.24, 2.45) is 5.10 Å². The predicted molar refractivity (Wildman–Crippen MR) is 151 cm³/mol. The van der Waals surface area contributed by atoms with Crippen molar-refractivity contribution in [1.82, 2.24) is 10.4 Å². The summed E-state index contributed by atoms with van der Waals surface area (Å²) in [5.74, 6) is -0.927. The van der Waals surface area contributed by atoms with Gasteiger partial charge in [0.1, 0.15) is 11.4 Å². The van der Waals surface area contributed by atoms with E-state index in [1.165, 1.54) is 30.5 Å². The Hall–Kier alpha value is -5.09. The van der Waals surface area contributed by atoms with Gasteiger partial charge in [-0.2, -0.15) is 5.10 Å². The van der Waals surface area contributed by atoms with Crippen molar-refractivity contribution in [3.05, 3.63) is 128 Å². The van der Waals surface area contributed by atoms with E-state index in [2.05, 4.69) is 31.4 Å². The first-order valence-electron chi connectivity index (χ1n) is 11.7. The molecule has 0 bridgehead atoms. The number of hydrazone groups is 1. The van der Waals surface area contributed by atoms with Crippen molar-refractivity contribution in [2.45, 2.75) is 0 Å². The number of aromatic amines is 1. The number of carbonyl (C=O) groups excluding carboxylic acids is 2. The van der Waals surface area contributed by atoms with Gasteiger partial charge in [-0.1, -0.05) is 58.4 Å². The molecule has 39 heavy (non-hydrogen) atoms. The second-order valence-electron chi connectivity index (χ2n) is 8.36. The number of aromatic nitrogens is 1. The van der Waals surface area contributed by atoms with E-state index in [4.69, 9.17) is 4.74 Å². The first-order valence-corrected chi connectivity index (χ1v) is 12.5. The molecule has 0 saturated carbocycles. The molecular formula is C29H19BrN4O5. The van der Waals surface area contributed by atoms with Crippen molar-refractivity contribution in [1.29, 1.82) is 0 Å². The van der Waals surface area contributed by atoms with Gasteiger partial charge in [-0.15, -0.1) is 0 Å². The third kappa shape index (κ3) is 5.60. The highest BCUT2D eigenvalue weighted by atomic mass is 79.9. The van der Waals surface area contributed by atoms with Gasteiger partial charge in [-0.3, -0.25) is 14.9 Å². The number of nitrogens with one attached hydrogen (secondary N) is 2. The Kier molecular flexibility index (Phi) is 7.28. The molecule has 0 aliphatic carbocycles. The Labute approximate surface area is 230 Å². The van der Waals surface area contributed by atoms with Gasteiger partial charge in [0.25, 0.3) is 11.6 Å². The van der Waals surface area contributed by atoms with Gasteiger partial charge < -0.3 is 9.72 Å². The number of non-ortho nitro benzene ring substituents is 1. The molecule has 1 heterocycles. The molecule has 0 saturated heterocycles. The van der Waals surface area contributed by atoms with Crippen LogP contribution in [0.3, 0.4) is 0 Å². The topological polar surface area (TPSA) is 127 Å². The number of halogens is 1. The Balaban J connectivity index is 1.36. The summed E-state index contributed by atoms with van der Waals surface area (Å²) in [6.07, 6.45) is 1.37. The predicted octanol–water partition coefficient (Wildman–Crippen LogP) is 6.49. The van der Waals surface area contributed by atoms with Crippen LogP contribution in [0.2, 0.25) is 0 Å². The summed E-state index contributed by atoms with van der Waals surface area (Å²) < 4.78 is 6.36. The minimum atomic E-state index is -0.688. The number of ether oxygens (including phenoxy) is 1. The zero-order valence-electron chi connectivity index (χ0n) is 20.1. The van der Waals surface area contributed by atoms with Crippen LogP contribution in [0.25, 0.3) is 22.0 Å². The van der Waals surface area contributed by atoms with Crippen LogP contribution in [0.1, 0.15) is 26.4 Å². The lowest BCUT2D eigenvalue weighted by atomic mass is 10.0.